The fourth-order valence-corrected chi connectivity index (χ4v) is 4.26. The summed E-state index contributed by atoms with van der Waals surface area (Å²) in [7, 11) is 0. The lowest BCUT2D eigenvalue weighted by atomic mass is 9.98. The van der Waals surface area contributed by atoms with Crippen molar-refractivity contribution in [3.8, 4) is 0 Å². The van der Waals surface area contributed by atoms with Gasteiger partial charge in [0.05, 0.1) is 11.3 Å². The average molecular weight is 370 g/mol. The van der Waals surface area contributed by atoms with Crippen LogP contribution in [0.3, 0.4) is 0 Å². The quantitative estimate of drug-likeness (QED) is 0.764. The number of carbonyl (C=O) groups excluding carboxylic acids is 1. The summed E-state index contributed by atoms with van der Waals surface area (Å²) in [5, 5.41) is 3.32. The van der Waals surface area contributed by atoms with Crippen molar-refractivity contribution >= 4 is 11.6 Å². The molecule has 1 saturated carbocycles. The van der Waals surface area contributed by atoms with E-state index >= 15 is 0 Å². The van der Waals surface area contributed by atoms with E-state index in [1.54, 1.807) is 0 Å². The van der Waals surface area contributed by atoms with E-state index in [0.29, 0.717) is 6.04 Å². The third-order valence-corrected chi connectivity index (χ3v) is 5.99. The number of nitrogens with zero attached hydrogens (tertiary/aromatic N) is 2. The zero-order valence-corrected chi connectivity index (χ0v) is 17.1. The summed E-state index contributed by atoms with van der Waals surface area (Å²) in [6, 6.07) is 4.18. The zero-order valence-electron chi connectivity index (χ0n) is 17.1. The molecular weight excluding hydrogens is 334 g/mol. The van der Waals surface area contributed by atoms with Crippen LogP contribution >= 0.6 is 0 Å². The Morgan fingerprint density at radius 2 is 1.63 bits per heavy atom. The number of fused-ring (bicyclic) bond motifs is 1. The van der Waals surface area contributed by atoms with Gasteiger partial charge in [0.15, 0.2) is 0 Å². The molecule has 4 heteroatoms. The molecule has 1 fully saturated rings. The number of aryl methyl sites for hydroxylation is 2. The average Bonchev–Trinajstić information content (AvgIpc) is 2.99. The number of imidazole rings is 1. The molecule has 0 bridgehead atoms. The standard InChI is InChI=1S/C23H35N3O/c1-3-21-18(2)26-17-19(15-16-22(26)25-21)23(27)24-20-13-11-9-7-5-4-6-8-10-12-14-20/h15-17,20H,3-14H2,1-2H3,(H,24,27). The van der Waals surface area contributed by atoms with Crippen LogP contribution in [0.15, 0.2) is 18.3 Å². The Morgan fingerprint density at radius 3 is 2.22 bits per heavy atom. The Hall–Kier alpha value is -1.84. The maximum atomic E-state index is 12.9. The summed E-state index contributed by atoms with van der Waals surface area (Å²) in [5.74, 6) is 0.0557. The van der Waals surface area contributed by atoms with Crippen LogP contribution in [-0.2, 0) is 6.42 Å². The van der Waals surface area contributed by atoms with Crippen LogP contribution in [0.2, 0.25) is 0 Å². The highest BCUT2D eigenvalue weighted by molar-refractivity contribution is 5.94. The maximum Gasteiger partial charge on any atom is 0.252 e. The largest absolute Gasteiger partial charge is 0.349 e. The van der Waals surface area contributed by atoms with Crippen molar-refractivity contribution in [3.63, 3.8) is 0 Å². The molecule has 0 aromatic carbocycles. The number of carbonyl (C=O) groups is 1. The molecule has 1 amide bonds. The van der Waals surface area contributed by atoms with E-state index in [-0.39, 0.29) is 5.91 Å². The second-order valence-corrected chi connectivity index (χ2v) is 8.07. The van der Waals surface area contributed by atoms with Gasteiger partial charge < -0.3 is 9.72 Å². The van der Waals surface area contributed by atoms with Crippen LogP contribution in [0.25, 0.3) is 5.65 Å². The van der Waals surface area contributed by atoms with E-state index in [4.69, 9.17) is 0 Å². The van der Waals surface area contributed by atoms with Gasteiger partial charge >= 0.3 is 0 Å². The van der Waals surface area contributed by atoms with Crippen molar-refractivity contribution in [1.29, 1.82) is 0 Å². The van der Waals surface area contributed by atoms with Gasteiger partial charge in [-0.15, -0.1) is 0 Å². The number of pyridine rings is 1. The third-order valence-electron chi connectivity index (χ3n) is 5.99. The first-order valence-electron chi connectivity index (χ1n) is 11.0. The number of amides is 1. The molecule has 4 nitrogen and oxygen atoms in total. The van der Waals surface area contributed by atoms with E-state index < -0.39 is 0 Å². The number of hydrogen-bond donors (Lipinski definition) is 1. The van der Waals surface area contributed by atoms with Gasteiger partial charge in [0.25, 0.3) is 5.91 Å². The smallest absolute Gasteiger partial charge is 0.252 e. The number of rotatable bonds is 3. The van der Waals surface area contributed by atoms with Crippen molar-refractivity contribution in [3.05, 3.63) is 35.3 Å². The third kappa shape index (κ3) is 5.33. The summed E-state index contributed by atoms with van der Waals surface area (Å²) < 4.78 is 2.05. The molecule has 2 aromatic heterocycles. The van der Waals surface area contributed by atoms with E-state index in [2.05, 4.69) is 28.5 Å². The summed E-state index contributed by atoms with van der Waals surface area (Å²) >= 11 is 0. The van der Waals surface area contributed by atoms with Gasteiger partial charge in [-0.1, -0.05) is 64.7 Å². The minimum Gasteiger partial charge on any atom is -0.349 e. The Bertz CT molecular complexity index is 737. The molecule has 2 aromatic rings. The fraction of sp³-hybridized carbons (Fsp3) is 0.652. The second kappa shape index (κ2) is 9.91. The van der Waals surface area contributed by atoms with Gasteiger partial charge in [0.1, 0.15) is 5.65 Å². The van der Waals surface area contributed by atoms with E-state index in [0.717, 1.165) is 41.9 Å². The molecule has 0 aliphatic heterocycles. The van der Waals surface area contributed by atoms with E-state index in [1.807, 2.05) is 18.3 Å². The first-order chi connectivity index (χ1) is 13.2. The van der Waals surface area contributed by atoms with E-state index in [9.17, 15) is 4.79 Å². The monoisotopic (exact) mass is 369 g/mol. The zero-order chi connectivity index (χ0) is 19.1. The number of hydrogen-bond acceptors (Lipinski definition) is 2. The number of nitrogens with one attached hydrogen (secondary N) is 1. The Balaban J connectivity index is 1.66. The van der Waals surface area contributed by atoms with Crippen molar-refractivity contribution in [1.82, 2.24) is 14.7 Å². The molecule has 148 valence electrons. The summed E-state index contributed by atoms with van der Waals surface area (Å²) in [4.78, 5) is 17.5. The fourth-order valence-electron chi connectivity index (χ4n) is 4.26. The minimum absolute atomic E-state index is 0.0557. The SMILES string of the molecule is CCc1nc2ccc(C(=O)NC3CCCCCCCCCCC3)cn2c1C. The lowest BCUT2D eigenvalue weighted by molar-refractivity contribution is 0.0931. The van der Waals surface area contributed by atoms with Gasteiger partial charge in [0.2, 0.25) is 0 Å². The van der Waals surface area contributed by atoms with Crippen molar-refractivity contribution < 1.29 is 4.79 Å². The second-order valence-electron chi connectivity index (χ2n) is 8.07. The summed E-state index contributed by atoms with van der Waals surface area (Å²) in [5.41, 5.74) is 3.89. The summed E-state index contributed by atoms with van der Waals surface area (Å²) in [6.45, 7) is 4.19. The Labute approximate surface area is 163 Å². The highest BCUT2D eigenvalue weighted by atomic mass is 16.1. The molecule has 27 heavy (non-hydrogen) atoms. The van der Waals surface area contributed by atoms with Crippen LogP contribution in [-0.4, -0.2) is 21.3 Å². The van der Waals surface area contributed by atoms with Crippen LogP contribution in [0.5, 0.6) is 0 Å². The van der Waals surface area contributed by atoms with Crippen LogP contribution in [0, 0.1) is 6.92 Å². The molecule has 0 unspecified atom stereocenters. The lowest BCUT2D eigenvalue weighted by Gasteiger charge is -2.19. The molecule has 0 atom stereocenters. The molecule has 2 heterocycles. The van der Waals surface area contributed by atoms with Crippen molar-refractivity contribution in [2.24, 2.45) is 0 Å². The molecule has 0 saturated heterocycles. The van der Waals surface area contributed by atoms with E-state index in [1.165, 1.54) is 57.8 Å². The maximum absolute atomic E-state index is 12.9. The molecular formula is C23H35N3O. The van der Waals surface area contributed by atoms with Crippen LogP contribution < -0.4 is 5.32 Å². The number of aromatic nitrogens is 2. The van der Waals surface area contributed by atoms with Gasteiger partial charge in [-0.2, -0.15) is 0 Å². The molecule has 1 aliphatic rings. The van der Waals surface area contributed by atoms with Gasteiger partial charge in [-0.05, 0) is 38.3 Å². The Morgan fingerprint density at radius 1 is 1.04 bits per heavy atom. The van der Waals surface area contributed by atoms with Gasteiger partial charge in [-0.3, -0.25) is 4.79 Å². The topological polar surface area (TPSA) is 46.4 Å². The van der Waals surface area contributed by atoms with Crippen LogP contribution in [0.1, 0.15) is 99.3 Å². The first kappa shape index (κ1) is 19.9. The molecule has 3 rings (SSSR count). The molecule has 1 aliphatic carbocycles. The Kier molecular flexibility index (Phi) is 7.31. The first-order valence-corrected chi connectivity index (χ1v) is 11.0. The van der Waals surface area contributed by atoms with Crippen LogP contribution in [0.4, 0.5) is 0 Å². The predicted octanol–water partition coefficient (Wildman–Crippen LogP) is 5.61. The highest BCUT2D eigenvalue weighted by Gasteiger charge is 2.16. The predicted molar refractivity (Wildman–Crippen MR) is 111 cm³/mol. The van der Waals surface area contributed by atoms with Gasteiger partial charge in [0, 0.05) is 17.9 Å². The molecule has 0 radical (unpaired) electrons. The molecule has 0 spiro atoms. The summed E-state index contributed by atoms with van der Waals surface area (Å²) in [6.07, 6.45) is 17.0. The highest BCUT2D eigenvalue weighted by Crippen LogP contribution is 2.18. The minimum atomic E-state index is 0.0557. The lowest BCUT2D eigenvalue weighted by Crippen LogP contribution is -2.35. The van der Waals surface area contributed by atoms with Crippen molar-refractivity contribution in [2.45, 2.75) is 96.9 Å². The molecule has 1 N–H and O–H groups in total. The van der Waals surface area contributed by atoms with Gasteiger partial charge in [-0.25, -0.2) is 4.98 Å². The normalized spacial score (nSPS) is 18.0. The van der Waals surface area contributed by atoms with Crippen molar-refractivity contribution in [2.75, 3.05) is 0 Å².